The Labute approximate surface area is 109 Å². The molecule has 1 atom stereocenters. The number of amides is 2. The zero-order valence-electron chi connectivity index (χ0n) is 11.3. The molecular weight excluding hydrogens is 232 g/mol. The molecule has 0 aromatic heterocycles. The van der Waals surface area contributed by atoms with Crippen LogP contribution in [0, 0.1) is 11.8 Å². The largest absolute Gasteiger partial charge is 0.481 e. The molecule has 0 aliphatic carbocycles. The summed E-state index contributed by atoms with van der Waals surface area (Å²) in [5.41, 5.74) is 0. The van der Waals surface area contributed by atoms with Crippen LogP contribution in [-0.2, 0) is 4.79 Å². The minimum atomic E-state index is -0.777. The van der Waals surface area contributed by atoms with E-state index in [1.807, 2.05) is 4.90 Å². The van der Waals surface area contributed by atoms with Crippen molar-refractivity contribution >= 4 is 12.0 Å². The zero-order valence-corrected chi connectivity index (χ0v) is 11.3. The first kappa shape index (κ1) is 14.8. The smallest absolute Gasteiger partial charge is 0.317 e. The molecule has 2 N–H and O–H groups in total. The minimum absolute atomic E-state index is 0.00604. The van der Waals surface area contributed by atoms with E-state index in [-0.39, 0.29) is 12.5 Å². The van der Waals surface area contributed by atoms with Gasteiger partial charge in [-0.3, -0.25) is 4.79 Å². The maximum absolute atomic E-state index is 11.8. The second-order valence-corrected chi connectivity index (χ2v) is 5.32. The maximum atomic E-state index is 11.8. The van der Waals surface area contributed by atoms with Crippen LogP contribution in [0.2, 0.25) is 0 Å². The van der Waals surface area contributed by atoms with E-state index in [1.54, 1.807) is 0 Å². The van der Waals surface area contributed by atoms with Crippen molar-refractivity contribution in [3.8, 4) is 0 Å². The Morgan fingerprint density at radius 1 is 1.39 bits per heavy atom. The summed E-state index contributed by atoms with van der Waals surface area (Å²) in [6, 6.07) is -0.00604. The summed E-state index contributed by atoms with van der Waals surface area (Å²) in [7, 11) is 0. The van der Waals surface area contributed by atoms with E-state index in [0.29, 0.717) is 24.8 Å². The number of carbonyl (C=O) groups is 2. The highest BCUT2D eigenvalue weighted by Gasteiger charge is 2.27. The summed E-state index contributed by atoms with van der Waals surface area (Å²) in [5, 5.41) is 11.3. The van der Waals surface area contributed by atoms with Crippen molar-refractivity contribution in [2.24, 2.45) is 11.8 Å². The lowest BCUT2D eigenvalue weighted by molar-refractivity contribution is -0.137. The Bertz CT molecular complexity index is 292. The first-order valence-corrected chi connectivity index (χ1v) is 6.75. The number of hydrogen-bond donors (Lipinski definition) is 2. The van der Waals surface area contributed by atoms with Crippen LogP contribution in [0.5, 0.6) is 0 Å². The average Bonchev–Trinajstić information content (AvgIpc) is 2.77. The molecule has 1 aliphatic rings. The van der Waals surface area contributed by atoms with Crippen molar-refractivity contribution in [1.82, 2.24) is 10.2 Å². The van der Waals surface area contributed by atoms with E-state index in [4.69, 9.17) is 5.11 Å². The van der Waals surface area contributed by atoms with Gasteiger partial charge in [0, 0.05) is 26.1 Å². The molecular formula is C13H24N2O3. The van der Waals surface area contributed by atoms with Crippen LogP contribution in [0.15, 0.2) is 0 Å². The fourth-order valence-electron chi connectivity index (χ4n) is 2.22. The van der Waals surface area contributed by atoms with Gasteiger partial charge in [-0.1, -0.05) is 13.8 Å². The van der Waals surface area contributed by atoms with Gasteiger partial charge in [0.2, 0.25) is 0 Å². The van der Waals surface area contributed by atoms with Gasteiger partial charge in [0.25, 0.3) is 0 Å². The summed E-state index contributed by atoms with van der Waals surface area (Å²) in [6.07, 6.45) is 2.60. The van der Waals surface area contributed by atoms with E-state index in [2.05, 4.69) is 19.2 Å². The third-order valence-electron chi connectivity index (χ3n) is 3.55. The monoisotopic (exact) mass is 256 g/mol. The number of carbonyl (C=O) groups excluding carboxylic acids is 1. The fraction of sp³-hybridized carbons (Fsp3) is 0.846. The van der Waals surface area contributed by atoms with Gasteiger partial charge in [0.1, 0.15) is 0 Å². The molecule has 1 unspecified atom stereocenters. The standard InChI is InChI=1S/C13H24N2O3/c1-10(2)11-6-8-15(9-11)13(18)14-7-4-3-5-12(16)17/h10-11H,3-9H2,1-2H3,(H,14,18)(H,16,17). The topological polar surface area (TPSA) is 69.6 Å². The molecule has 18 heavy (non-hydrogen) atoms. The molecule has 1 saturated heterocycles. The molecule has 0 radical (unpaired) electrons. The summed E-state index contributed by atoms with van der Waals surface area (Å²) < 4.78 is 0. The number of likely N-dealkylation sites (tertiary alicyclic amines) is 1. The first-order chi connectivity index (χ1) is 8.50. The highest BCUT2D eigenvalue weighted by atomic mass is 16.4. The van der Waals surface area contributed by atoms with Crippen LogP contribution in [0.3, 0.4) is 0 Å². The third kappa shape index (κ3) is 4.94. The van der Waals surface area contributed by atoms with Crippen molar-refractivity contribution in [2.75, 3.05) is 19.6 Å². The van der Waals surface area contributed by atoms with Crippen LogP contribution in [0.4, 0.5) is 4.79 Å². The van der Waals surface area contributed by atoms with Gasteiger partial charge in [0.05, 0.1) is 0 Å². The molecule has 1 aliphatic heterocycles. The van der Waals surface area contributed by atoms with Crippen molar-refractivity contribution < 1.29 is 14.7 Å². The number of urea groups is 1. The molecule has 1 heterocycles. The third-order valence-corrected chi connectivity index (χ3v) is 3.55. The number of carboxylic acid groups (broad SMARTS) is 1. The Kier molecular flexibility index (Phi) is 5.95. The maximum Gasteiger partial charge on any atom is 0.317 e. The van der Waals surface area contributed by atoms with Crippen LogP contribution in [-0.4, -0.2) is 41.6 Å². The van der Waals surface area contributed by atoms with Crippen LogP contribution in [0.1, 0.15) is 39.5 Å². The Morgan fingerprint density at radius 2 is 2.11 bits per heavy atom. The molecule has 0 spiro atoms. The number of carboxylic acids is 1. The number of hydrogen-bond acceptors (Lipinski definition) is 2. The SMILES string of the molecule is CC(C)C1CCN(C(=O)NCCCCC(=O)O)C1. The highest BCUT2D eigenvalue weighted by Crippen LogP contribution is 2.23. The van der Waals surface area contributed by atoms with Crippen molar-refractivity contribution in [1.29, 1.82) is 0 Å². The summed E-state index contributed by atoms with van der Waals surface area (Å²) >= 11 is 0. The molecule has 0 bridgehead atoms. The van der Waals surface area contributed by atoms with E-state index in [0.717, 1.165) is 25.9 Å². The molecule has 0 aromatic carbocycles. The van der Waals surface area contributed by atoms with Gasteiger partial charge in [-0.05, 0) is 31.1 Å². The summed E-state index contributed by atoms with van der Waals surface area (Å²) in [6.45, 7) is 6.63. The van der Waals surface area contributed by atoms with Crippen LogP contribution >= 0.6 is 0 Å². The van der Waals surface area contributed by atoms with Gasteiger partial charge in [-0.2, -0.15) is 0 Å². The zero-order chi connectivity index (χ0) is 13.5. The lowest BCUT2D eigenvalue weighted by Gasteiger charge is -2.18. The second kappa shape index (κ2) is 7.24. The van der Waals surface area contributed by atoms with Crippen molar-refractivity contribution in [2.45, 2.75) is 39.5 Å². The van der Waals surface area contributed by atoms with E-state index >= 15 is 0 Å². The number of unbranched alkanes of at least 4 members (excludes halogenated alkanes) is 1. The number of rotatable bonds is 6. The van der Waals surface area contributed by atoms with E-state index < -0.39 is 5.97 Å². The summed E-state index contributed by atoms with van der Waals surface area (Å²) in [4.78, 5) is 24.0. The van der Waals surface area contributed by atoms with Crippen LogP contribution < -0.4 is 5.32 Å². The molecule has 5 nitrogen and oxygen atoms in total. The van der Waals surface area contributed by atoms with E-state index in [9.17, 15) is 9.59 Å². The van der Waals surface area contributed by atoms with Crippen molar-refractivity contribution in [3.05, 3.63) is 0 Å². The lowest BCUT2D eigenvalue weighted by atomic mass is 9.95. The molecule has 5 heteroatoms. The number of aliphatic carboxylic acids is 1. The Balaban J connectivity index is 2.12. The molecule has 0 saturated carbocycles. The second-order valence-electron chi connectivity index (χ2n) is 5.32. The van der Waals surface area contributed by atoms with Gasteiger partial charge in [0.15, 0.2) is 0 Å². The molecule has 2 amide bonds. The predicted molar refractivity (Wildman–Crippen MR) is 69.4 cm³/mol. The van der Waals surface area contributed by atoms with Gasteiger partial charge >= 0.3 is 12.0 Å². The predicted octanol–water partition coefficient (Wildman–Crippen LogP) is 1.93. The average molecular weight is 256 g/mol. The number of nitrogens with zero attached hydrogens (tertiary/aromatic N) is 1. The Hall–Kier alpha value is -1.26. The fourth-order valence-corrected chi connectivity index (χ4v) is 2.22. The van der Waals surface area contributed by atoms with Gasteiger partial charge < -0.3 is 15.3 Å². The van der Waals surface area contributed by atoms with E-state index in [1.165, 1.54) is 0 Å². The molecule has 1 rings (SSSR count). The minimum Gasteiger partial charge on any atom is -0.481 e. The van der Waals surface area contributed by atoms with Gasteiger partial charge in [-0.25, -0.2) is 4.79 Å². The highest BCUT2D eigenvalue weighted by molar-refractivity contribution is 5.74. The molecule has 0 aromatic rings. The van der Waals surface area contributed by atoms with Gasteiger partial charge in [-0.15, -0.1) is 0 Å². The molecule has 1 fully saturated rings. The first-order valence-electron chi connectivity index (χ1n) is 6.75. The Morgan fingerprint density at radius 3 is 2.67 bits per heavy atom. The van der Waals surface area contributed by atoms with Crippen LogP contribution in [0.25, 0.3) is 0 Å². The summed E-state index contributed by atoms with van der Waals surface area (Å²) in [5.74, 6) is 0.460. The lowest BCUT2D eigenvalue weighted by Crippen LogP contribution is -2.39. The normalized spacial score (nSPS) is 19.3. The molecule has 104 valence electrons. The quantitative estimate of drug-likeness (QED) is 0.713. The number of nitrogens with one attached hydrogen (secondary N) is 1. The van der Waals surface area contributed by atoms with Crippen molar-refractivity contribution in [3.63, 3.8) is 0 Å².